The highest BCUT2D eigenvalue weighted by atomic mass is 79.9. The third-order valence-electron chi connectivity index (χ3n) is 2.03. The lowest BCUT2D eigenvalue weighted by molar-refractivity contribution is -0.136. The topological polar surface area (TPSA) is 51.8 Å². The van der Waals surface area contributed by atoms with E-state index in [-0.39, 0.29) is 21.5 Å². The van der Waals surface area contributed by atoms with Crippen molar-refractivity contribution in [2.45, 2.75) is 6.18 Å². The van der Waals surface area contributed by atoms with Crippen molar-refractivity contribution < 1.29 is 13.2 Å². The number of rotatable bonds is 0. The molecule has 0 aliphatic heterocycles. The molecular formula is C9H5BrF3N3. The molecular weight excluding hydrogens is 287 g/mol. The molecule has 0 spiro atoms. The second-order valence-corrected chi connectivity index (χ2v) is 3.79. The summed E-state index contributed by atoms with van der Waals surface area (Å²) in [4.78, 5) is 7.45. The fourth-order valence-corrected chi connectivity index (χ4v) is 1.74. The predicted molar refractivity (Wildman–Crippen MR) is 56.7 cm³/mol. The highest BCUT2D eigenvalue weighted by Crippen LogP contribution is 2.35. The lowest BCUT2D eigenvalue weighted by Gasteiger charge is -2.10. The van der Waals surface area contributed by atoms with Crippen molar-refractivity contribution >= 4 is 32.7 Å². The Labute approximate surface area is 96.6 Å². The predicted octanol–water partition coefficient (Wildman–Crippen LogP) is 2.99. The lowest BCUT2D eigenvalue weighted by atomic mass is 10.1. The number of hydrogen-bond donors (Lipinski definition) is 1. The van der Waals surface area contributed by atoms with Crippen LogP contribution in [0.3, 0.4) is 0 Å². The number of halogens is 4. The smallest absolute Gasteiger partial charge is 0.383 e. The molecule has 2 aromatic rings. The summed E-state index contributed by atoms with van der Waals surface area (Å²) in [6.45, 7) is 0. The number of benzene rings is 1. The van der Waals surface area contributed by atoms with Gasteiger partial charge in [0.25, 0.3) is 0 Å². The minimum atomic E-state index is -4.46. The van der Waals surface area contributed by atoms with Gasteiger partial charge in [0.15, 0.2) is 4.73 Å². The minimum Gasteiger partial charge on any atom is -0.383 e. The number of aromatic nitrogens is 2. The zero-order chi connectivity index (χ0) is 11.9. The quantitative estimate of drug-likeness (QED) is 0.759. The first-order valence-electron chi connectivity index (χ1n) is 4.18. The molecule has 84 valence electrons. The number of alkyl halides is 3. The first-order valence-corrected chi connectivity index (χ1v) is 4.98. The van der Waals surface area contributed by atoms with Gasteiger partial charge in [-0.25, -0.2) is 9.97 Å². The van der Waals surface area contributed by atoms with Crippen LogP contribution in [0.2, 0.25) is 0 Å². The summed E-state index contributed by atoms with van der Waals surface area (Å²) >= 11 is 2.91. The van der Waals surface area contributed by atoms with E-state index in [1.807, 2.05) is 0 Å². The van der Waals surface area contributed by atoms with E-state index < -0.39 is 11.7 Å². The van der Waals surface area contributed by atoms with Gasteiger partial charge in [0, 0.05) is 5.39 Å². The molecule has 1 heterocycles. The molecule has 0 amide bonds. The molecule has 0 bridgehead atoms. The summed E-state index contributed by atoms with van der Waals surface area (Å²) in [5.74, 6) is 0.0166. The molecule has 0 unspecified atom stereocenters. The van der Waals surface area contributed by atoms with Gasteiger partial charge in [-0.05, 0) is 28.1 Å². The van der Waals surface area contributed by atoms with Crippen molar-refractivity contribution in [1.29, 1.82) is 0 Å². The number of nitrogens with two attached hydrogens (primary N) is 1. The number of fused-ring (bicyclic) bond motifs is 1. The molecule has 1 aromatic carbocycles. The number of nitrogen functional groups attached to an aromatic ring is 1. The molecule has 3 nitrogen and oxygen atoms in total. The SMILES string of the molecule is Nc1nc(Br)nc2c(C(F)(F)F)cccc12. The standard InChI is InChI=1S/C9H5BrF3N3/c10-8-15-6-4(7(14)16-8)2-1-3-5(6)9(11,12)13/h1-3H,(H2,14,15,16). The summed E-state index contributed by atoms with van der Waals surface area (Å²) in [5, 5.41) is 0.193. The third-order valence-corrected chi connectivity index (χ3v) is 2.39. The number of para-hydroxylation sites is 1. The highest BCUT2D eigenvalue weighted by Gasteiger charge is 2.33. The lowest BCUT2D eigenvalue weighted by Crippen LogP contribution is -2.08. The van der Waals surface area contributed by atoms with E-state index in [0.29, 0.717) is 0 Å². The molecule has 2 rings (SSSR count). The van der Waals surface area contributed by atoms with E-state index in [1.165, 1.54) is 12.1 Å². The molecule has 0 aliphatic rings. The Balaban J connectivity index is 2.87. The number of nitrogens with zero attached hydrogens (tertiary/aromatic N) is 2. The van der Waals surface area contributed by atoms with E-state index >= 15 is 0 Å². The van der Waals surface area contributed by atoms with Gasteiger partial charge in [-0.15, -0.1) is 0 Å². The summed E-state index contributed by atoms with van der Waals surface area (Å²) in [6.07, 6.45) is -4.46. The molecule has 1 aromatic heterocycles. The van der Waals surface area contributed by atoms with Crippen molar-refractivity contribution in [1.82, 2.24) is 9.97 Å². The van der Waals surface area contributed by atoms with E-state index in [1.54, 1.807) is 0 Å². The Morgan fingerprint density at radius 2 is 1.88 bits per heavy atom. The second-order valence-electron chi connectivity index (χ2n) is 3.08. The molecule has 2 N–H and O–H groups in total. The Morgan fingerprint density at radius 1 is 1.19 bits per heavy atom. The van der Waals surface area contributed by atoms with Crippen LogP contribution in [-0.2, 0) is 6.18 Å². The van der Waals surface area contributed by atoms with E-state index in [9.17, 15) is 13.2 Å². The van der Waals surface area contributed by atoms with Crippen molar-refractivity contribution in [3.63, 3.8) is 0 Å². The zero-order valence-electron chi connectivity index (χ0n) is 7.72. The summed E-state index contributed by atoms with van der Waals surface area (Å²) in [7, 11) is 0. The van der Waals surface area contributed by atoms with Crippen LogP contribution < -0.4 is 5.73 Å². The van der Waals surface area contributed by atoms with Crippen molar-refractivity contribution in [3.8, 4) is 0 Å². The van der Waals surface area contributed by atoms with Crippen molar-refractivity contribution in [2.75, 3.05) is 5.73 Å². The molecule has 0 atom stereocenters. The van der Waals surface area contributed by atoms with Gasteiger partial charge in [0.2, 0.25) is 0 Å². The van der Waals surface area contributed by atoms with Crippen LogP contribution >= 0.6 is 15.9 Å². The fraction of sp³-hybridized carbons (Fsp3) is 0.111. The van der Waals surface area contributed by atoms with Gasteiger partial charge in [-0.2, -0.15) is 13.2 Å². The van der Waals surface area contributed by atoms with Crippen LogP contribution in [0.5, 0.6) is 0 Å². The monoisotopic (exact) mass is 291 g/mol. The summed E-state index contributed by atoms with van der Waals surface area (Å²) in [6, 6.07) is 3.69. The van der Waals surface area contributed by atoms with Gasteiger partial charge in [-0.1, -0.05) is 6.07 Å². The van der Waals surface area contributed by atoms with E-state index in [2.05, 4.69) is 25.9 Å². The number of anilines is 1. The fourth-order valence-electron chi connectivity index (χ4n) is 1.38. The van der Waals surface area contributed by atoms with Crippen LogP contribution in [-0.4, -0.2) is 9.97 Å². The maximum Gasteiger partial charge on any atom is 0.418 e. The average molecular weight is 292 g/mol. The minimum absolute atomic E-state index is 0.0166. The molecule has 7 heteroatoms. The third kappa shape index (κ3) is 1.82. The van der Waals surface area contributed by atoms with Gasteiger partial charge in [0.1, 0.15) is 5.82 Å². The van der Waals surface area contributed by atoms with Gasteiger partial charge in [0.05, 0.1) is 11.1 Å². The molecule has 0 radical (unpaired) electrons. The average Bonchev–Trinajstić information content (AvgIpc) is 2.15. The Morgan fingerprint density at radius 3 is 2.50 bits per heavy atom. The molecule has 0 aliphatic carbocycles. The van der Waals surface area contributed by atoms with Crippen molar-refractivity contribution in [2.24, 2.45) is 0 Å². The van der Waals surface area contributed by atoms with Crippen molar-refractivity contribution in [3.05, 3.63) is 28.5 Å². The largest absolute Gasteiger partial charge is 0.418 e. The van der Waals surface area contributed by atoms with Crippen LogP contribution in [0.15, 0.2) is 22.9 Å². The van der Waals surface area contributed by atoms with Crippen LogP contribution in [0.4, 0.5) is 19.0 Å². The Hall–Kier alpha value is -1.37. The Kier molecular flexibility index (Phi) is 2.49. The normalized spacial score (nSPS) is 12.0. The first kappa shape index (κ1) is 11.1. The Bertz CT molecular complexity index is 553. The molecule has 0 saturated carbocycles. The van der Waals surface area contributed by atoms with Gasteiger partial charge in [-0.3, -0.25) is 0 Å². The number of hydrogen-bond acceptors (Lipinski definition) is 3. The summed E-state index contributed by atoms with van der Waals surface area (Å²) < 4.78 is 38.0. The highest BCUT2D eigenvalue weighted by molar-refractivity contribution is 9.10. The van der Waals surface area contributed by atoms with Gasteiger partial charge >= 0.3 is 6.18 Å². The summed E-state index contributed by atoms with van der Waals surface area (Å²) in [5.41, 5.74) is 4.50. The van der Waals surface area contributed by atoms with Crippen LogP contribution in [0.1, 0.15) is 5.56 Å². The zero-order valence-corrected chi connectivity index (χ0v) is 9.30. The maximum absolute atomic E-state index is 12.7. The van der Waals surface area contributed by atoms with E-state index in [4.69, 9.17) is 5.73 Å². The first-order chi connectivity index (χ1) is 7.39. The maximum atomic E-state index is 12.7. The molecule has 16 heavy (non-hydrogen) atoms. The van der Waals surface area contributed by atoms with Crippen LogP contribution in [0.25, 0.3) is 10.9 Å². The van der Waals surface area contributed by atoms with Gasteiger partial charge < -0.3 is 5.73 Å². The molecule has 0 fully saturated rings. The van der Waals surface area contributed by atoms with Crippen LogP contribution in [0, 0.1) is 0 Å². The second kappa shape index (κ2) is 3.58. The molecule has 0 saturated heterocycles. The van der Waals surface area contributed by atoms with E-state index in [0.717, 1.165) is 6.07 Å².